The molecule has 0 unspecified atom stereocenters. The molecule has 0 aliphatic rings. The van der Waals surface area contributed by atoms with Gasteiger partial charge in [0.05, 0.1) is 39.7 Å². The van der Waals surface area contributed by atoms with E-state index in [1.54, 1.807) is 30.3 Å². The number of carbonyl (C=O) groups is 3. The number of hydrogen-bond donors (Lipinski definition) is 3. The van der Waals surface area contributed by atoms with E-state index < -0.39 is 17.6 Å². The number of amides is 3. The highest BCUT2D eigenvalue weighted by Crippen LogP contribution is 2.32. The normalized spacial score (nSPS) is 10.6. The van der Waals surface area contributed by atoms with Crippen LogP contribution in [0.4, 0.5) is 10.2 Å². The number of aromatic nitrogens is 3. The van der Waals surface area contributed by atoms with Gasteiger partial charge >= 0.3 is 0 Å². The molecule has 2 aromatic heterocycles. The summed E-state index contributed by atoms with van der Waals surface area (Å²) < 4.78 is 14.7. The number of benzene rings is 2. The van der Waals surface area contributed by atoms with Crippen molar-refractivity contribution in [2.24, 2.45) is 0 Å². The quantitative estimate of drug-likeness (QED) is 0.326. The van der Waals surface area contributed by atoms with E-state index in [-0.39, 0.29) is 39.6 Å². The zero-order valence-corrected chi connectivity index (χ0v) is 20.8. The van der Waals surface area contributed by atoms with Gasteiger partial charge in [0.1, 0.15) is 11.6 Å². The summed E-state index contributed by atoms with van der Waals surface area (Å²) in [5.74, 6) is -1.94. The van der Waals surface area contributed by atoms with Crippen molar-refractivity contribution in [1.29, 1.82) is 0 Å². The Bertz CT molecular complexity index is 1480. The number of likely N-dealkylation sites (N-methyl/N-ethyl adjacent to an activating group) is 1. The number of carbonyl (C=O) groups excluding carboxylic acids is 3. The summed E-state index contributed by atoms with van der Waals surface area (Å²) in [6.45, 7) is -0.240. The monoisotopic (exact) mass is 540 g/mol. The molecule has 12 heteroatoms. The number of para-hydroxylation sites is 1. The van der Waals surface area contributed by atoms with Crippen LogP contribution in [0.2, 0.25) is 10.0 Å². The summed E-state index contributed by atoms with van der Waals surface area (Å²) in [5.41, 5.74) is 1.34. The van der Waals surface area contributed by atoms with Crippen LogP contribution in [0.1, 0.15) is 20.8 Å². The van der Waals surface area contributed by atoms with Crippen molar-refractivity contribution < 1.29 is 18.8 Å². The largest absolute Gasteiger partial charge is 0.358 e. The minimum atomic E-state index is -0.612. The highest BCUT2D eigenvalue weighted by Gasteiger charge is 2.21. The van der Waals surface area contributed by atoms with Gasteiger partial charge in [-0.15, -0.1) is 0 Å². The predicted molar refractivity (Wildman–Crippen MR) is 138 cm³/mol. The van der Waals surface area contributed by atoms with E-state index in [2.05, 4.69) is 26.0 Å². The second-order valence-electron chi connectivity index (χ2n) is 7.65. The topological polar surface area (TPSA) is 118 Å². The molecule has 188 valence electrons. The van der Waals surface area contributed by atoms with Crippen LogP contribution in [0.3, 0.4) is 0 Å². The van der Waals surface area contributed by atoms with Crippen LogP contribution in [0.25, 0.3) is 16.9 Å². The van der Waals surface area contributed by atoms with E-state index in [0.29, 0.717) is 16.9 Å². The zero-order chi connectivity index (χ0) is 26.5. The maximum Gasteiger partial charge on any atom is 0.272 e. The average molecular weight is 541 g/mol. The fourth-order valence-electron chi connectivity index (χ4n) is 3.32. The van der Waals surface area contributed by atoms with Crippen LogP contribution in [-0.4, -0.2) is 46.1 Å². The van der Waals surface area contributed by atoms with Gasteiger partial charge in [0.2, 0.25) is 5.91 Å². The minimum Gasteiger partial charge on any atom is -0.358 e. The lowest BCUT2D eigenvalue weighted by Crippen LogP contribution is -2.35. The molecule has 3 N–H and O–H groups in total. The van der Waals surface area contributed by atoms with Crippen molar-refractivity contribution >= 4 is 46.7 Å². The number of pyridine rings is 1. The number of halogens is 3. The van der Waals surface area contributed by atoms with Crippen LogP contribution in [0.15, 0.2) is 66.9 Å². The molecule has 0 radical (unpaired) electrons. The predicted octanol–water partition coefficient (Wildman–Crippen LogP) is 4.11. The molecular formula is C25H19Cl2FN6O3. The minimum absolute atomic E-state index is 0.0264. The van der Waals surface area contributed by atoms with Crippen molar-refractivity contribution in [2.75, 3.05) is 18.9 Å². The molecule has 0 spiro atoms. The fourth-order valence-corrected chi connectivity index (χ4v) is 3.89. The molecular weight excluding hydrogens is 522 g/mol. The summed E-state index contributed by atoms with van der Waals surface area (Å²) in [4.78, 5) is 41.4. The van der Waals surface area contributed by atoms with E-state index in [9.17, 15) is 18.8 Å². The van der Waals surface area contributed by atoms with E-state index in [4.69, 9.17) is 23.2 Å². The molecule has 2 aromatic carbocycles. The molecule has 0 aliphatic heterocycles. The number of anilines is 1. The summed E-state index contributed by atoms with van der Waals surface area (Å²) in [7, 11) is 1.45. The smallest absolute Gasteiger partial charge is 0.272 e. The van der Waals surface area contributed by atoms with Crippen molar-refractivity contribution in [3.63, 3.8) is 0 Å². The van der Waals surface area contributed by atoms with Crippen LogP contribution < -0.4 is 16.0 Å². The first kappa shape index (κ1) is 25.8. The average Bonchev–Trinajstić information content (AvgIpc) is 3.32. The van der Waals surface area contributed by atoms with Crippen molar-refractivity contribution in [1.82, 2.24) is 25.4 Å². The third-order valence-corrected chi connectivity index (χ3v) is 5.80. The van der Waals surface area contributed by atoms with Crippen LogP contribution >= 0.6 is 23.2 Å². The summed E-state index contributed by atoms with van der Waals surface area (Å²) >= 11 is 12.6. The first-order chi connectivity index (χ1) is 17.8. The lowest BCUT2D eigenvalue weighted by Gasteiger charge is -2.12. The van der Waals surface area contributed by atoms with Gasteiger partial charge < -0.3 is 16.0 Å². The summed E-state index contributed by atoms with van der Waals surface area (Å²) in [6, 6.07) is 15.7. The summed E-state index contributed by atoms with van der Waals surface area (Å²) in [5, 5.41) is 12.2. The SMILES string of the molecule is CNC(=O)CNC(=O)c1cc(NC(=O)c2cc(-c3ccc(F)cn3)c(Cl)cc2Cl)n(-c2ccccc2)n1. The molecule has 4 aromatic rings. The Labute approximate surface area is 220 Å². The summed E-state index contributed by atoms with van der Waals surface area (Å²) in [6.07, 6.45) is 1.04. The maximum atomic E-state index is 13.3. The molecule has 0 fully saturated rings. The highest BCUT2D eigenvalue weighted by molar-refractivity contribution is 6.38. The van der Waals surface area contributed by atoms with E-state index >= 15 is 0 Å². The van der Waals surface area contributed by atoms with Gasteiger partial charge in [0.25, 0.3) is 11.8 Å². The van der Waals surface area contributed by atoms with Gasteiger partial charge in [0, 0.05) is 18.7 Å². The highest BCUT2D eigenvalue weighted by atomic mass is 35.5. The Kier molecular flexibility index (Phi) is 7.80. The molecule has 9 nitrogen and oxygen atoms in total. The Morgan fingerprint density at radius 1 is 0.973 bits per heavy atom. The van der Waals surface area contributed by atoms with Crippen LogP contribution in [-0.2, 0) is 4.79 Å². The molecule has 0 aliphatic carbocycles. The second kappa shape index (κ2) is 11.2. The Balaban J connectivity index is 1.68. The molecule has 0 saturated heterocycles. The van der Waals surface area contributed by atoms with Gasteiger partial charge in [-0.1, -0.05) is 41.4 Å². The zero-order valence-electron chi connectivity index (χ0n) is 19.3. The Morgan fingerprint density at radius 2 is 1.73 bits per heavy atom. The van der Waals surface area contributed by atoms with Gasteiger partial charge in [-0.2, -0.15) is 5.10 Å². The fraction of sp³-hybridized carbons (Fsp3) is 0.0800. The van der Waals surface area contributed by atoms with Gasteiger partial charge in [-0.25, -0.2) is 9.07 Å². The lowest BCUT2D eigenvalue weighted by molar-refractivity contribution is -0.119. The van der Waals surface area contributed by atoms with Crippen molar-refractivity contribution in [3.8, 4) is 16.9 Å². The number of nitrogens with one attached hydrogen (secondary N) is 3. The second-order valence-corrected chi connectivity index (χ2v) is 8.46. The van der Waals surface area contributed by atoms with Gasteiger partial charge in [0.15, 0.2) is 5.69 Å². The first-order valence-electron chi connectivity index (χ1n) is 10.8. The Hall–Kier alpha value is -4.28. The molecule has 3 amide bonds. The van der Waals surface area contributed by atoms with Crippen LogP contribution in [0.5, 0.6) is 0 Å². The van der Waals surface area contributed by atoms with Gasteiger partial charge in [-0.05, 0) is 36.4 Å². The molecule has 37 heavy (non-hydrogen) atoms. The molecule has 4 rings (SSSR count). The van der Waals surface area contributed by atoms with E-state index in [0.717, 1.165) is 6.20 Å². The first-order valence-corrected chi connectivity index (χ1v) is 11.6. The van der Waals surface area contributed by atoms with Crippen molar-refractivity contribution in [2.45, 2.75) is 0 Å². The van der Waals surface area contributed by atoms with E-state index in [1.165, 1.54) is 42.1 Å². The van der Waals surface area contributed by atoms with Crippen LogP contribution in [0, 0.1) is 5.82 Å². The lowest BCUT2D eigenvalue weighted by atomic mass is 10.1. The molecule has 0 bridgehead atoms. The molecule has 0 saturated carbocycles. The Morgan fingerprint density at radius 3 is 2.41 bits per heavy atom. The third kappa shape index (κ3) is 5.93. The van der Waals surface area contributed by atoms with Gasteiger partial charge in [-0.3, -0.25) is 19.4 Å². The number of nitrogens with zero attached hydrogens (tertiary/aromatic N) is 3. The van der Waals surface area contributed by atoms with Crippen molar-refractivity contribution in [3.05, 3.63) is 94.0 Å². The maximum absolute atomic E-state index is 13.3. The number of hydrogen-bond acceptors (Lipinski definition) is 5. The standard InChI is InChI=1S/C25H19Cl2FN6O3/c1-29-23(35)13-31-25(37)21-11-22(34(33-21)15-5-3-2-4-6-15)32-24(36)17-9-16(18(26)10-19(17)27)20-8-7-14(28)12-30-20/h2-12H,13H2,1H3,(H,29,35)(H,31,37)(H,32,36). The van der Waals surface area contributed by atoms with E-state index in [1.807, 2.05) is 0 Å². The number of rotatable bonds is 7. The molecule has 2 heterocycles. The third-order valence-electron chi connectivity index (χ3n) is 5.18. The molecule has 0 atom stereocenters.